The predicted molar refractivity (Wildman–Crippen MR) is 94.0 cm³/mol. The Morgan fingerprint density at radius 3 is 2.84 bits per heavy atom. The lowest BCUT2D eigenvalue weighted by Crippen LogP contribution is -2.36. The Morgan fingerprint density at radius 2 is 2.04 bits per heavy atom. The van der Waals surface area contributed by atoms with Gasteiger partial charge in [0.1, 0.15) is 17.6 Å². The van der Waals surface area contributed by atoms with Crippen molar-refractivity contribution in [3.8, 4) is 17.6 Å². The highest BCUT2D eigenvalue weighted by molar-refractivity contribution is 5.63. The van der Waals surface area contributed by atoms with Crippen LogP contribution in [0.15, 0.2) is 36.4 Å². The first-order valence-corrected chi connectivity index (χ1v) is 8.61. The molecule has 1 saturated heterocycles. The van der Waals surface area contributed by atoms with Gasteiger partial charge in [0.2, 0.25) is 0 Å². The molecule has 128 valence electrons. The van der Waals surface area contributed by atoms with Gasteiger partial charge in [-0.05, 0) is 36.6 Å². The number of anilines is 1. The molecule has 2 aliphatic rings. The van der Waals surface area contributed by atoms with Crippen molar-refractivity contribution in [3.05, 3.63) is 53.1 Å². The lowest BCUT2D eigenvalue weighted by atomic mass is 10.1. The second kappa shape index (κ2) is 6.75. The zero-order valence-electron chi connectivity index (χ0n) is 13.9. The van der Waals surface area contributed by atoms with Gasteiger partial charge in [0.15, 0.2) is 0 Å². The van der Waals surface area contributed by atoms with Crippen LogP contribution < -0.4 is 9.64 Å². The minimum absolute atomic E-state index is 0.400. The van der Waals surface area contributed by atoms with E-state index in [0.717, 1.165) is 48.5 Å². The van der Waals surface area contributed by atoms with Gasteiger partial charge < -0.3 is 19.5 Å². The van der Waals surface area contributed by atoms with E-state index in [1.54, 1.807) is 6.07 Å². The molecule has 1 heterocycles. The lowest BCUT2D eigenvalue weighted by molar-refractivity contribution is 0.122. The summed E-state index contributed by atoms with van der Waals surface area (Å²) in [7, 11) is 0. The number of rotatable bonds is 3. The van der Waals surface area contributed by atoms with Crippen molar-refractivity contribution in [1.82, 2.24) is 0 Å². The molecular weight excluding hydrogens is 316 g/mol. The van der Waals surface area contributed by atoms with E-state index in [9.17, 15) is 10.4 Å². The van der Waals surface area contributed by atoms with Crippen LogP contribution in [0.2, 0.25) is 0 Å². The van der Waals surface area contributed by atoms with Gasteiger partial charge in [-0.2, -0.15) is 5.26 Å². The van der Waals surface area contributed by atoms with Crippen molar-refractivity contribution in [1.29, 1.82) is 5.26 Å². The van der Waals surface area contributed by atoms with Crippen molar-refractivity contribution in [2.24, 2.45) is 0 Å². The third kappa shape index (κ3) is 3.07. The zero-order chi connectivity index (χ0) is 17.2. The van der Waals surface area contributed by atoms with Crippen LogP contribution in [0.25, 0.3) is 0 Å². The number of benzene rings is 2. The average molecular weight is 336 g/mol. The number of morpholine rings is 1. The Morgan fingerprint density at radius 1 is 1.20 bits per heavy atom. The Labute approximate surface area is 147 Å². The van der Waals surface area contributed by atoms with Crippen LogP contribution in [-0.2, 0) is 11.2 Å². The summed E-state index contributed by atoms with van der Waals surface area (Å²) < 4.78 is 11.5. The minimum Gasteiger partial charge on any atom is -0.457 e. The fourth-order valence-corrected chi connectivity index (χ4v) is 3.56. The number of hydrogen-bond acceptors (Lipinski definition) is 5. The van der Waals surface area contributed by atoms with Crippen LogP contribution in [0.1, 0.15) is 29.2 Å². The molecule has 2 aromatic carbocycles. The van der Waals surface area contributed by atoms with E-state index < -0.39 is 6.10 Å². The molecule has 1 aliphatic heterocycles. The summed E-state index contributed by atoms with van der Waals surface area (Å²) in [5, 5.41) is 19.5. The molecule has 4 rings (SSSR count). The molecule has 1 N–H and O–H groups in total. The Balaban J connectivity index is 1.65. The van der Waals surface area contributed by atoms with E-state index in [1.165, 1.54) is 0 Å². The molecule has 0 saturated carbocycles. The second-order valence-corrected chi connectivity index (χ2v) is 6.37. The molecule has 0 amide bonds. The summed E-state index contributed by atoms with van der Waals surface area (Å²) >= 11 is 0. The highest BCUT2D eigenvalue weighted by Gasteiger charge is 2.24. The smallest absolute Gasteiger partial charge is 0.130 e. The van der Waals surface area contributed by atoms with Crippen molar-refractivity contribution >= 4 is 5.69 Å². The largest absolute Gasteiger partial charge is 0.457 e. The molecule has 1 unspecified atom stereocenters. The van der Waals surface area contributed by atoms with E-state index >= 15 is 0 Å². The average Bonchev–Trinajstić information content (AvgIpc) is 3.05. The van der Waals surface area contributed by atoms with E-state index in [-0.39, 0.29) is 0 Å². The van der Waals surface area contributed by atoms with Crippen LogP contribution in [-0.4, -0.2) is 31.4 Å². The first-order valence-electron chi connectivity index (χ1n) is 8.61. The van der Waals surface area contributed by atoms with E-state index in [1.807, 2.05) is 30.3 Å². The summed E-state index contributed by atoms with van der Waals surface area (Å²) in [6.45, 7) is 2.87. The Hall–Kier alpha value is -2.55. The van der Waals surface area contributed by atoms with Gasteiger partial charge >= 0.3 is 0 Å². The van der Waals surface area contributed by atoms with Gasteiger partial charge in [-0.15, -0.1) is 0 Å². The number of aliphatic hydroxyl groups excluding tert-OH is 1. The van der Waals surface area contributed by atoms with Crippen LogP contribution >= 0.6 is 0 Å². The lowest BCUT2D eigenvalue weighted by Gasteiger charge is -2.29. The van der Waals surface area contributed by atoms with Crippen LogP contribution in [0.3, 0.4) is 0 Å². The number of fused-ring (bicyclic) bond motifs is 1. The first-order chi connectivity index (χ1) is 12.3. The molecule has 1 aliphatic carbocycles. The Kier molecular flexibility index (Phi) is 4.31. The van der Waals surface area contributed by atoms with E-state index in [4.69, 9.17) is 9.47 Å². The molecule has 0 bridgehead atoms. The number of nitrogens with zero attached hydrogens (tertiary/aromatic N) is 2. The highest BCUT2D eigenvalue weighted by Crippen LogP contribution is 2.39. The summed E-state index contributed by atoms with van der Waals surface area (Å²) in [5.41, 5.74) is 3.56. The Bertz CT molecular complexity index is 822. The molecule has 1 atom stereocenters. The molecular formula is C20H20N2O3. The van der Waals surface area contributed by atoms with Crippen molar-refractivity contribution in [2.75, 3.05) is 31.2 Å². The van der Waals surface area contributed by atoms with Gasteiger partial charge in [-0.3, -0.25) is 0 Å². The molecule has 5 nitrogen and oxygen atoms in total. The molecule has 2 aromatic rings. The highest BCUT2D eigenvalue weighted by atomic mass is 16.5. The van der Waals surface area contributed by atoms with Crippen LogP contribution in [0.5, 0.6) is 11.5 Å². The molecule has 0 spiro atoms. The maximum atomic E-state index is 10.0. The summed E-state index contributed by atoms with van der Waals surface area (Å²) in [5.74, 6) is 1.49. The molecule has 5 heteroatoms. The summed E-state index contributed by atoms with van der Waals surface area (Å²) in [6, 6.07) is 13.6. The number of hydrogen-bond donors (Lipinski definition) is 1. The third-order valence-electron chi connectivity index (χ3n) is 4.87. The first kappa shape index (κ1) is 15.9. The van der Waals surface area contributed by atoms with Gasteiger partial charge in [0.05, 0.1) is 30.6 Å². The van der Waals surface area contributed by atoms with Crippen molar-refractivity contribution in [2.45, 2.75) is 18.9 Å². The van der Waals surface area contributed by atoms with Crippen LogP contribution in [0.4, 0.5) is 5.69 Å². The SMILES string of the molecule is N#Cc1ccc(Oc2cccc3c2CCC3O)cc1N1CCOCC1. The topological polar surface area (TPSA) is 65.7 Å². The minimum atomic E-state index is -0.400. The van der Waals surface area contributed by atoms with Crippen molar-refractivity contribution < 1.29 is 14.6 Å². The maximum Gasteiger partial charge on any atom is 0.130 e. The summed E-state index contributed by atoms with van der Waals surface area (Å²) in [4.78, 5) is 2.16. The van der Waals surface area contributed by atoms with Crippen molar-refractivity contribution in [3.63, 3.8) is 0 Å². The molecule has 25 heavy (non-hydrogen) atoms. The van der Waals surface area contributed by atoms with Gasteiger partial charge in [-0.25, -0.2) is 0 Å². The van der Waals surface area contributed by atoms with Crippen LogP contribution in [0, 0.1) is 11.3 Å². The zero-order valence-corrected chi connectivity index (χ0v) is 13.9. The standard InChI is InChI=1S/C20H20N2O3/c21-13-14-4-5-15(12-18(14)22-8-10-24-11-9-22)25-20-3-1-2-16-17(20)6-7-19(16)23/h1-5,12,19,23H,6-11H2. The molecule has 0 radical (unpaired) electrons. The van der Waals surface area contributed by atoms with Gasteiger partial charge in [0, 0.05) is 24.7 Å². The number of nitriles is 1. The van der Waals surface area contributed by atoms with E-state index in [2.05, 4.69) is 11.0 Å². The maximum absolute atomic E-state index is 10.0. The fraction of sp³-hybridized carbons (Fsp3) is 0.350. The monoisotopic (exact) mass is 336 g/mol. The van der Waals surface area contributed by atoms with Gasteiger partial charge in [0.25, 0.3) is 0 Å². The van der Waals surface area contributed by atoms with Gasteiger partial charge in [-0.1, -0.05) is 12.1 Å². The fourth-order valence-electron chi connectivity index (χ4n) is 3.56. The molecule has 0 aromatic heterocycles. The van der Waals surface area contributed by atoms with E-state index in [0.29, 0.717) is 24.5 Å². The number of aliphatic hydroxyl groups is 1. The summed E-state index contributed by atoms with van der Waals surface area (Å²) in [6.07, 6.45) is 1.16. The normalized spacial score (nSPS) is 19.4. The second-order valence-electron chi connectivity index (χ2n) is 6.37. The quantitative estimate of drug-likeness (QED) is 0.932. The third-order valence-corrected chi connectivity index (χ3v) is 4.87. The molecule has 1 fully saturated rings. The predicted octanol–water partition coefficient (Wildman–Crippen LogP) is 3.17. The number of ether oxygens (including phenoxy) is 2.